The van der Waals surface area contributed by atoms with E-state index in [1.54, 1.807) is 10.3 Å². The Morgan fingerprint density at radius 1 is 1.46 bits per heavy atom. The number of hydrogen-bond acceptors (Lipinski definition) is 4. The van der Waals surface area contributed by atoms with Crippen LogP contribution in [0.2, 0.25) is 0 Å². The van der Waals surface area contributed by atoms with Gasteiger partial charge in [0.1, 0.15) is 5.69 Å². The summed E-state index contributed by atoms with van der Waals surface area (Å²) in [4.78, 5) is 30.5. The lowest BCUT2D eigenvalue weighted by Gasteiger charge is -2.22. The van der Waals surface area contributed by atoms with Gasteiger partial charge in [0.2, 0.25) is 5.91 Å². The van der Waals surface area contributed by atoms with Gasteiger partial charge in [0.15, 0.2) is 0 Å². The van der Waals surface area contributed by atoms with E-state index in [-0.39, 0.29) is 17.9 Å². The zero-order chi connectivity index (χ0) is 17.1. The third-order valence-electron chi connectivity index (χ3n) is 4.12. The van der Waals surface area contributed by atoms with Crippen molar-refractivity contribution >= 4 is 34.5 Å². The van der Waals surface area contributed by atoms with E-state index in [2.05, 4.69) is 17.2 Å². The highest BCUT2D eigenvalue weighted by Gasteiger charge is 2.28. The molecule has 2 aromatic rings. The molecule has 1 saturated heterocycles. The molecule has 0 saturated carbocycles. The van der Waals surface area contributed by atoms with Crippen molar-refractivity contribution in [3.05, 3.63) is 40.3 Å². The summed E-state index contributed by atoms with van der Waals surface area (Å²) in [6, 6.07) is 7.62. The van der Waals surface area contributed by atoms with Crippen LogP contribution in [0.15, 0.2) is 29.6 Å². The Bertz CT molecular complexity index is 756. The maximum absolute atomic E-state index is 12.3. The van der Waals surface area contributed by atoms with Crippen LogP contribution >= 0.6 is 11.3 Å². The molecular formula is C18H21N3O2S. The summed E-state index contributed by atoms with van der Waals surface area (Å²) in [7, 11) is 0. The highest BCUT2D eigenvalue weighted by atomic mass is 32.1. The molecule has 2 heterocycles. The number of carbonyl (C=O) groups is 2. The molecule has 5 nitrogen and oxygen atoms in total. The van der Waals surface area contributed by atoms with Gasteiger partial charge in [-0.05, 0) is 44.4 Å². The van der Waals surface area contributed by atoms with Gasteiger partial charge in [-0.1, -0.05) is 13.0 Å². The SMILES string of the molecule is CCCc1nc(C(=O)Nc2cccc(N3C(=O)CCC3C)c2)cs1. The van der Waals surface area contributed by atoms with Crippen LogP contribution in [-0.2, 0) is 11.2 Å². The topological polar surface area (TPSA) is 62.3 Å². The number of amides is 2. The van der Waals surface area contributed by atoms with Crippen molar-refractivity contribution in [1.82, 2.24) is 4.98 Å². The number of anilines is 2. The Morgan fingerprint density at radius 3 is 3.00 bits per heavy atom. The van der Waals surface area contributed by atoms with Crippen LogP contribution in [0.5, 0.6) is 0 Å². The van der Waals surface area contributed by atoms with E-state index in [4.69, 9.17) is 0 Å². The normalized spacial score (nSPS) is 17.3. The van der Waals surface area contributed by atoms with Crippen LogP contribution in [0.25, 0.3) is 0 Å². The molecule has 6 heteroatoms. The Kier molecular flexibility index (Phi) is 4.94. The standard InChI is InChI=1S/C18H21N3O2S/c1-3-5-16-20-15(11-24-16)18(23)19-13-6-4-7-14(10-13)21-12(2)8-9-17(21)22/h4,6-7,10-12H,3,5,8-9H2,1-2H3,(H,19,23). The van der Waals surface area contributed by atoms with Crippen molar-refractivity contribution in [2.45, 2.75) is 45.6 Å². The van der Waals surface area contributed by atoms with Gasteiger partial charge in [0.05, 0.1) is 5.01 Å². The van der Waals surface area contributed by atoms with Crippen LogP contribution < -0.4 is 10.2 Å². The molecule has 126 valence electrons. The third-order valence-corrected chi connectivity index (χ3v) is 5.02. The smallest absolute Gasteiger partial charge is 0.275 e. The second-order valence-corrected chi connectivity index (χ2v) is 6.98. The van der Waals surface area contributed by atoms with Crippen LogP contribution in [0.4, 0.5) is 11.4 Å². The fraction of sp³-hybridized carbons (Fsp3) is 0.389. The summed E-state index contributed by atoms with van der Waals surface area (Å²) < 4.78 is 0. The number of carbonyl (C=O) groups excluding carboxylic acids is 2. The molecule has 0 spiro atoms. The van der Waals surface area contributed by atoms with Gasteiger partial charge in [-0.2, -0.15) is 0 Å². The molecule has 1 aliphatic rings. The minimum Gasteiger partial charge on any atom is -0.321 e. The first-order valence-corrected chi connectivity index (χ1v) is 9.14. The lowest BCUT2D eigenvalue weighted by molar-refractivity contribution is -0.117. The molecule has 1 aromatic carbocycles. The molecule has 1 aliphatic heterocycles. The van der Waals surface area contributed by atoms with Crippen LogP contribution in [0.1, 0.15) is 48.6 Å². The molecule has 0 radical (unpaired) electrons. The van der Waals surface area contributed by atoms with Crippen LogP contribution in [-0.4, -0.2) is 22.8 Å². The van der Waals surface area contributed by atoms with Crippen LogP contribution in [0, 0.1) is 0 Å². The number of hydrogen-bond donors (Lipinski definition) is 1. The first-order valence-electron chi connectivity index (χ1n) is 8.26. The van der Waals surface area contributed by atoms with Gasteiger partial charge in [0, 0.05) is 29.2 Å². The largest absolute Gasteiger partial charge is 0.321 e. The predicted molar refractivity (Wildman–Crippen MR) is 96.7 cm³/mol. The molecule has 0 bridgehead atoms. The average molecular weight is 343 g/mol. The molecular weight excluding hydrogens is 322 g/mol. The van der Waals surface area contributed by atoms with Crippen molar-refractivity contribution in [2.75, 3.05) is 10.2 Å². The van der Waals surface area contributed by atoms with E-state index < -0.39 is 0 Å². The van der Waals surface area contributed by atoms with E-state index in [0.29, 0.717) is 17.8 Å². The van der Waals surface area contributed by atoms with Crippen LogP contribution in [0.3, 0.4) is 0 Å². The monoisotopic (exact) mass is 343 g/mol. The average Bonchev–Trinajstić information content (AvgIpc) is 3.15. The van der Waals surface area contributed by atoms with Gasteiger partial charge in [0.25, 0.3) is 5.91 Å². The number of thiazole rings is 1. The van der Waals surface area contributed by atoms with Gasteiger partial charge < -0.3 is 10.2 Å². The molecule has 1 N–H and O–H groups in total. The second-order valence-electron chi connectivity index (χ2n) is 6.03. The number of aromatic nitrogens is 1. The number of rotatable bonds is 5. The van der Waals surface area contributed by atoms with Crippen molar-refractivity contribution in [3.8, 4) is 0 Å². The quantitative estimate of drug-likeness (QED) is 0.896. The van der Waals surface area contributed by atoms with Crippen molar-refractivity contribution in [2.24, 2.45) is 0 Å². The number of nitrogens with one attached hydrogen (secondary N) is 1. The highest BCUT2D eigenvalue weighted by Crippen LogP contribution is 2.28. The molecule has 1 unspecified atom stereocenters. The Balaban J connectivity index is 1.74. The summed E-state index contributed by atoms with van der Waals surface area (Å²) in [5.74, 6) is -0.0822. The number of benzene rings is 1. The van der Waals surface area contributed by atoms with Crippen molar-refractivity contribution in [1.29, 1.82) is 0 Å². The fourth-order valence-corrected chi connectivity index (χ4v) is 3.78. The second kappa shape index (κ2) is 7.13. The van der Waals surface area contributed by atoms with E-state index in [1.807, 2.05) is 31.2 Å². The molecule has 1 aromatic heterocycles. The molecule has 2 amide bonds. The number of nitrogens with zero attached hydrogens (tertiary/aromatic N) is 2. The Labute approximate surface area is 145 Å². The first kappa shape index (κ1) is 16.6. The first-order chi connectivity index (χ1) is 11.6. The molecule has 1 fully saturated rings. The Hall–Kier alpha value is -2.21. The summed E-state index contributed by atoms with van der Waals surface area (Å²) in [5.41, 5.74) is 1.95. The summed E-state index contributed by atoms with van der Waals surface area (Å²) in [6.07, 6.45) is 3.35. The predicted octanol–water partition coefficient (Wildman–Crippen LogP) is 3.86. The van der Waals surface area contributed by atoms with Crippen molar-refractivity contribution < 1.29 is 9.59 Å². The zero-order valence-electron chi connectivity index (χ0n) is 13.9. The molecule has 3 rings (SSSR count). The van der Waals surface area contributed by atoms with E-state index in [0.717, 1.165) is 30.0 Å². The summed E-state index contributed by atoms with van der Waals surface area (Å²) in [6.45, 7) is 4.13. The zero-order valence-corrected chi connectivity index (χ0v) is 14.7. The molecule has 0 aliphatic carbocycles. The maximum atomic E-state index is 12.3. The van der Waals surface area contributed by atoms with E-state index >= 15 is 0 Å². The summed E-state index contributed by atoms with van der Waals surface area (Å²) >= 11 is 1.51. The van der Waals surface area contributed by atoms with Gasteiger partial charge in [-0.25, -0.2) is 4.98 Å². The van der Waals surface area contributed by atoms with E-state index in [9.17, 15) is 9.59 Å². The maximum Gasteiger partial charge on any atom is 0.275 e. The number of aryl methyl sites for hydroxylation is 1. The molecule has 1 atom stereocenters. The third kappa shape index (κ3) is 3.48. The van der Waals surface area contributed by atoms with Gasteiger partial charge in [-0.15, -0.1) is 11.3 Å². The van der Waals surface area contributed by atoms with Gasteiger partial charge >= 0.3 is 0 Å². The molecule has 24 heavy (non-hydrogen) atoms. The fourth-order valence-electron chi connectivity index (χ4n) is 2.90. The summed E-state index contributed by atoms with van der Waals surface area (Å²) in [5, 5.41) is 5.64. The highest BCUT2D eigenvalue weighted by molar-refractivity contribution is 7.09. The minimum atomic E-state index is -0.216. The lowest BCUT2D eigenvalue weighted by Crippen LogP contribution is -2.30. The minimum absolute atomic E-state index is 0.134. The Morgan fingerprint density at radius 2 is 2.29 bits per heavy atom. The lowest BCUT2D eigenvalue weighted by atomic mass is 10.2. The van der Waals surface area contributed by atoms with E-state index in [1.165, 1.54) is 11.3 Å². The van der Waals surface area contributed by atoms with Crippen molar-refractivity contribution in [3.63, 3.8) is 0 Å². The van der Waals surface area contributed by atoms with Gasteiger partial charge in [-0.3, -0.25) is 9.59 Å².